The Morgan fingerprint density at radius 2 is 2.12 bits per heavy atom. The molecule has 4 rings (SSSR count). The molecule has 0 unspecified atom stereocenters. The van der Waals surface area contributed by atoms with Crippen LogP contribution in [0.1, 0.15) is 30.2 Å². The maximum atomic E-state index is 12.3. The van der Waals surface area contributed by atoms with Gasteiger partial charge in [0.25, 0.3) is 0 Å². The number of nitrogens with one attached hydrogen (secondary N) is 1. The lowest BCUT2D eigenvalue weighted by molar-refractivity contribution is -0.117. The van der Waals surface area contributed by atoms with Gasteiger partial charge in [-0.2, -0.15) is 0 Å². The second-order valence-electron chi connectivity index (χ2n) is 6.40. The van der Waals surface area contributed by atoms with Crippen LogP contribution in [0.15, 0.2) is 28.8 Å². The third-order valence-corrected chi connectivity index (χ3v) is 4.56. The van der Waals surface area contributed by atoms with E-state index < -0.39 is 0 Å². The number of amides is 1. The molecule has 1 aromatic heterocycles. The van der Waals surface area contributed by atoms with Gasteiger partial charge in [-0.15, -0.1) is 0 Å². The zero-order chi connectivity index (χ0) is 17.2. The largest absolute Gasteiger partial charge is 0.486 e. The topological polar surface area (TPSA) is 76.8 Å². The summed E-state index contributed by atoms with van der Waals surface area (Å²) >= 11 is 0. The number of carbonyl (C=O) groups excluding carboxylic acids is 1. The lowest BCUT2D eigenvalue weighted by Crippen LogP contribution is -2.33. The number of likely N-dealkylation sites (tertiary alicyclic amines) is 1. The van der Waals surface area contributed by atoms with E-state index in [1.807, 2.05) is 12.1 Å². The van der Waals surface area contributed by atoms with E-state index in [4.69, 9.17) is 14.0 Å². The summed E-state index contributed by atoms with van der Waals surface area (Å²) in [5, 5.41) is 6.58. The fourth-order valence-electron chi connectivity index (χ4n) is 3.45. The number of rotatable bonds is 4. The van der Waals surface area contributed by atoms with Gasteiger partial charge in [0.1, 0.15) is 19.0 Å². The van der Waals surface area contributed by atoms with Crippen molar-refractivity contribution in [1.82, 2.24) is 10.1 Å². The minimum Gasteiger partial charge on any atom is -0.486 e. The molecular weight excluding hydrogens is 322 g/mol. The van der Waals surface area contributed by atoms with Gasteiger partial charge in [0.2, 0.25) is 5.91 Å². The van der Waals surface area contributed by atoms with Crippen molar-refractivity contribution in [1.29, 1.82) is 0 Å². The Morgan fingerprint density at radius 1 is 1.28 bits per heavy atom. The predicted molar refractivity (Wildman–Crippen MR) is 90.8 cm³/mol. The molecule has 1 N–H and O–H groups in total. The number of hydrogen-bond donors (Lipinski definition) is 1. The molecule has 1 fully saturated rings. The van der Waals surface area contributed by atoms with Crippen LogP contribution in [0.2, 0.25) is 0 Å². The van der Waals surface area contributed by atoms with Crippen LogP contribution < -0.4 is 14.8 Å². The Labute approximate surface area is 145 Å². The van der Waals surface area contributed by atoms with Crippen molar-refractivity contribution in [2.45, 2.75) is 25.8 Å². The van der Waals surface area contributed by atoms with Crippen LogP contribution in [0.5, 0.6) is 11.5 Å². The molecule has 3 heterocycles. The number of fused-ring (bicyclic) bond motifs is 1. The van der Waals surface area contributed by atoms with Crippen molar-refractivity contribution >= 4 is 11.7 Å². The lowest BCUT2D eigenvalue weighted by atomic mass is 10.0. The average Bonchev–Trinajstić information content (AvgIpc) is 3.23. The summed E-state index contributed by atoms with van der Waals surface area (Å²) in [5.41, 5.74) is 1.16. The van der Waals surface area contributed by atoms with Gasteiger partial charge in [-0.3, -0.25) is 9.69 Å². The van der Waals surface area contributed by atoms with Gasteiger partial charge in [-0.1, -0.05) is 11.2 Å². The summed E-state index contributed by atoms with van der Waals surface area (Å²) in [4.78, 5) is 14.5. The number of anilines is 1. The highest BCUT2D eigenvalue weighted by Gasteiger charge is 2.29. The molecule has 25 heavy (non-hydrogen) atoms. The van der Waals surface area contributed by atoms with Crippen LogP contribution in [0.25, 0.3) is 0 Å². The summed E-state index contributed by atoms with van der Waals surface area (Å²) in [6, 6.07) is 7.98. The number of ether oxygens (including phenoxy) is 2. The smallest absolute Gasteiger partial charge is 0.239 e. The van der Waals surface area contributed by atoms with Crippen molar-refractivity contribution in [2.75, 3.05) is 31.6 Å². The fourth-order valence-corrected chi connectivity index (χ4v) is 3.45. The molecule has 0 radical (unpaired) electrons. The molecule has 2 aliphatic heterocycles. The summed E-state index contributed by atoms with van der Waals surface area (Å²) in [5.74, 6) is 2.62. The number of aromatic nitrogens is 1. The lowest BCUT2D eigenvalue weighted by Gasteiger charge is -2.26. The number of aryl methyl sites for hydroxylation is 1. The van der Waals surface area contributed by atoms with Crippen LogP contribution in [-0.2, 0) is 4.79 Å². The summed E-state index contributed by atoms with van der Waals surface area (Å²) in [6.45, 7) is 4.17. The molecule has 2 aromatic rings. The van der Waals surface area contributed by atoms with E-state index in [2.05, 4.69) is 21.4 Å². The third-order valence-electron chi connectivity index (χ3n) is 4.56. The zero-order valence-corrected chi connectivity index (χ0v) is 14.2. The average molecular weight is 343 g/mol. The van der Waals surface area contributed by atoms with E-state index in [0.29, 0.717) is 31.3 Å². The molecule has 2 aliphatic rings. The quantitative estimate of drug-likeness (QED) is 0.919. The fraction of sp³-hybridized carbons (Fsp3) is 0.444. The van der Waals surface area contributed by atoms with Gasteiger partial charge >= 0.3 is 0 Å². The summed E-state index contributed by atoms with van der Waals surface area (Å²) in [7, 11) is 0. The van der Waals surface area contributed by atoms with Gasteiger partial charge in [0.15, 0.2) is 17.3 Å². The Hall–Kier alpha value is -2.54. The standard InChI is InChI=1S/C18H21N3O4/c1-12-9-17(20-25-12)19-18(22)11-21-6-2-3-14(21)13-4-5-15-16(10-13)24-8-7-23-15/h4-5,9-10,14H,2-3,6-8,11H2,1H3,(H,19,20,22)/t14-/m0/s1. The first kappa shape index (κ1) is 16.0. The van der Waals surface area contributed by atoms with Crippen molar-refractivity contribution < 1.29 is 18.8 Å². The van der Waals surface area contributed by atoms with Gasteiger partial charge in [0, 0.05) is 12.1 Å². The zero-order valence-electron chi connectivity index (χ0n) is 14.2. The minimum absolute atomic E-state index is 0.0854. The molecule has 1 atom stereocenters. The number of nitrogens with zero attached hydrogens (tertiary/aromatic N) is 2. The second-order valence-corrected chi connectivity index (χ2v) is 6.40. The Balaban J connectivity index is 1.44. The minimum atomic E-state index is -0.0854. The molecule has 1 aromatic carbocycles. The molecule has 1 amide bonds. The van der Waals surface area contributed by atoms with E-state index in [0.717, 1.165) is 36.4 Å². The predicted octanol–water partition coefficient (Wildman–Crippen LogP) is 2.53. The van der Waals surface area contributed by atoms with Crippen LogP contribution in [-0.4, -0.2) is 42.3 Å². The number of carbonyl (C=O) groups is 1. The van der Waals surface area contributed by atoms with Crippen LogP contribution in [0.3, 0.4) is 0 Å². The SMILES string of the molecule is Cc1cc(NC(=O)CN2CCC[C@H]2c2ccc3c(c2)OCCO3)no1. The maximum Gasteiger partial charge on any atom is 0.239 e. The van der Waals surface area contributed by atoms with E-state index in [1.165, 1.54) is 0 Å². The molecule has 0 spiro atoms. The first-order valence-corrected chi connectivity index (χ1v) is 8.56. The highest BCUT2D eigenvalue weighted by Crippen LogP contribution is 2.37. The molecule has 0 aliphatic carbocycles. The number of benzene rings is 1. The second kappa shape index (κ2) is 6.76. The molecular formula is C18H21N3O4. The van der Waals surface area contributed by atoms with Gasteiger partial charge in [-0.05, 0) is 44.0 Å². The summed E-state index contributed by atoms with van der Waals surface area (Å²) in [6.07, 6.45) is 2.09. The normalized spacial score (nSPS) is 19.8. The van der Waals surface area contributed by atoms with Crippen molar-refractivity contribution in [2.24, 2.45) is 0 Å². The van der Waals surface area contributed by atoms with Gasteiger partial charge < -0.3 is 19.3 Å². The highest BCUT2D eigenvalue weighted by molar-refractivity contribution is 5.91. The highest BCUT2D eigenvalue weighted by atomic mass is 16.6. The van der Waals surface area contributed by atoms with Crippen LogP contribution in [0.4, 0.5) is 5.82 Å². The molecule has 0 bridgehead atoms. The van der Waals surface area contributed by atoms with E-state index in [1.54, 1.807) is 13.0 Å². The van der Waals surface area contributed by atoms with Crippen LogP contribution >= 0.6 is 0 Å². The van der Waals surface area contributed by atoms with Gasteiger partial charge in [0.05, 0.1) is 6.54 Å². The van der Waals surface area contributed by atoms with Crippen molar-refractivity contribution in [3.8, 4) is 11.5 Å². The monoisotopic (exact) mass is 343 g/mol. The first-order chi connectivity index (χ1) is 12.2. The van der Waals surface area contributed by atoms with Gasteiger partial charge in [-0.25, -0.2) is 0 Å². The molecule has 1 saturated heterocycles. The molecule has 0 saturated carbocycles. The van der Waals surface area contributed by atoms with Crippen molar-refractivity contribution in [3.05, 3.63) is 35.6 Å². The maximum absolute atomic E-state index is 12.3. The molecule has 132 valence electrons. The summed E-state index contributed by atoms with van der Waals surface area (Å²) < 4.78 is 16.2. The Kier molecular flexibility index (Phi) is 4.31. The third kappa shape index (κ3) is 3.46. The number of hydrogen-bond acceptors (Lipinski definition) is 6. The first-order valence-electron chi connectivity index (χ1n) is 8.56. The Bertz CT molecular complexity index is 773. The molecule has 7 nitrogen and oxygen atoms in total. The van der Waals surface area contributed by atoms with Crippen LogP contribution in [0, 0.1) is 6.92 Å². The Morgan fingerprint density at radius 3 is 2.92 bits per heavy atom. The van der Waals surface area contributed by atoms with E-state index >= 15 is 0 Å². The van der Waals surface area contributed by atoms with Crippen molar-refractivity contribution in [3.63, 3.8) is 0 Å². The van der Waals surface area contributed by atoms with E-state index in [9.17, 15) is 4.79 Å². The van der Waals surface area contributed by atoms with E-state index in [-0.39, 0.29) is 11.9 Å². The molecule has 7 heteroatoms.